The Morgan fingerprint density at radius 3 is 2.23 bits per heavy atom. The van der Waals surface area contributed by atoms with E-state index in [-0.39, 0.29) is 16.6 Å². The number of halogens is 1. The van der Waals surface area contributed by atoms with Gasteiger partial charge in [0.05, 0.1) is 12.8 Å². The molecule has 8 heteroatoms. The van der Waals surface area contributed by atoms with Gasteiger partial charge in [-0.05, 0) is 74.4 Å². The summed E-state index contributed by atoms with van der Waals surface area (Å²) in [5, 5.41) is 5.66. The number of imide groups is 1. The zero-order valence-electron chi connectivity index (χ0n) is 19.7. The van der Waals surface area contributed by atoms with E-state index in [2.05, 4.69) is 10.6 Å². The Morgan fingerprint density at radius 2 is 1.57 bits per heavy atom. The lowest BCUT2D eigenvalue weighted by molar-refractivity contribution is -0.120. The van der Waals surface area contributed by atoms with Crippen molar-refractivity contribution < 1.29 is 19.1 Å². The van der Waals surface area contributed by atoms with E-state index in [9.17, 15) is 14.4 Å². The third-order valence-electron chi connectivity index (χ3n) is 5.75. The summed E-state index contributed by atoms with van der Waals surface area (Å²) in [5.41, 5.74) is 4.74. The number of anilines is 3. The highest BCUT2D eigenvalue weighted by Gasteiger charge is 2.39. The lowest BCUT2D eigenvalue weighted by Crippen LogP contribution is -2.32. The average Bonchev–Trinajstić information content (AvgIpc) is 3.05. The number of rotatable bonds is 6. The molecule has 3 aromatic carbocycles. The van der Waals surface area contributed by atoms with Crippen LogP contribution >= 0.6 is 11.6 Å². The van der Waals surface area contributed by atoms with Gasteiger partial charge in [-0.1, -0.05) is 35.4 Å². The minimum atomic E-state index is -0.634. The fourth-order valence-corrected chi connectivity index (χ4v) is 3.97. The molecular formula is C27H24ClN3O4. The topological polar surface area (TPSA) is 87.7 Å². The molecule has 4 rings (SSSR count). The summed E-state index contributed by atoms with van der Waals surface area (Å²) >= 11 is 6.27. The molecule has 3 amide bonds. The molecule has 178 valence electrons. The van der Waals surface area contributed by atoms with E-state index < -0.39 is 11.8 Å². The molecule has 0 radical (unpaired) electrons. The molecular weight excluding hydrogens is 466 g/mol. The SMILES string of the molecule is COc1ccc(N2C(=O)C(Cl)=C(Nc3cc(C(=O)Nc4ccc(C)cc4C)ccc3C)C2=O)cc1. The monoisotopic (exact) mass is 489 g/mol. The standard InChI is InChI=1S/C27H24ClN3O4/c1-15-5-12-21(17(3)13-15)30-25(32)18-7-6-16(2)22(14-18)29-24-23(28)26(33)31(27(24)34)19-8-10-20(35-4)11-9-19/h5-14,29H,1-4H3,(H,30,32). The van der Waals surface area contributed by atoms with E-state index in [1.165, 1.54) is 7.11 Å². The van der Waals surface area contributed by atoms with Crippen LogP contribution in [0, 0.1) is 20.8 Å². The number of amides is 3. The second-order valence-electron chi connectivity index (χ2n) is 8.26. The largest absolute Gasteiger partial charge is 0.497 e. The molecule has 1 heterocycles. The minimum absolute atomic E-state index is 0.0532. The zero-order valence-corrected chi connectivity index (χ0v) is 20.5. The molecule has 0 saturated carbocycles. The smallest absolute Gasteiger partial charge is 0.283 e. The Labute approximate surface area is 208 Å². The maximum Gasteiger partial charge on any atom is 0.283 e. The first-order valence-electron chi connectivity index (χ1n) is 10.9. The van der Waals surface area contributed by atoms with E-state index in [0.29, 0.717) is 28.4 Å². The number of carbonyl (C=O) groups is 3. The van der Waals surface area contributed by atoms with Crippen LogP contribution in [-0.4, -0.2) is 24.8 Å². The third-order valence-corrected chi connectivity index (χ3v) is 6.10. The van der Waals surface area contributed by atoms with Gasteiger partial charge in [-0.2, -0.15) is 0 Å². The van der Waals surface area contributed by atoms with Crippen LogP contribution in [0.1, 0.15) is 27.0 Å². The highest BCUT2D eigenvalue weighted by Crippen LogP contribution is 2.32. The van der Waals surface area contributed by atoms with Crippen LogP contribution in [0.5, 0.6) is 5.75 Å². The van der Waals surface area contributed by atoms with Crippen molar-refractivity contribution >= 4 is 46.4 Å². The van der Waals surface area contributed by atoms with E-state index in [1.807, 2.05) is 39.0 Å². The Kier molecular flexibility index (Phi) is 6.62. The van der Waals surface area contributed by atoms with Gasteiger partial charge in [-0.3, -0.25) is 14.4 Å². The predicted octanol–water partition coefficient (Wildman–Crippen LogP) is 5.31. The minimum Gasteiger partial charge on any atom is -0.497 e. The molecule has 0 spiro atoms. The van der Waals surface area contributed by atoms with Crippen LogP contribution in [0.4, 0.5) is 17.1 Å². The maximum atomic E-state index is 13.1. The van der Waals surface area contributed by atoms with Crippen molar-refractivity contribution in [2.45, 2.75) is 20.8 Å². The maximum absolute atomic E-state index is 13.1. The van der Waals surface area contributed by atoms with Gasteiger partial charge >= 0.3 is 0 Å². The second kappa shape index (κ2) is 9.64. The van der Waals surface area contributed by atoms with Crippen molar-refractivity contribution in [3.8, 4) is 5.75 Å². The first-order chi connectivity index (χ1) is 16.7. The number of nitrogens with zero attached hydrogens (tertiary/aromatic N) is 1. The normalized spacial score (nSPS) is 13.3. The second-order valence-corrected chi connectivity index (χ2v) is 8.64. The molecule has 3 aromatic rings. The summed E-state index contributed by atoms with van der Waals surface area (Å²) in [6.07, 6.45) is 0. The molecule has 0 unspecified atom stereocenters. The summed E-state index contributed by atoms with van der Waals surface area (Å²) < 4.78 is 5.13. The molecule has 0 aromatic heterocycles. The molecule has 7 nitrogen and oxygen atoms in total. The van der Waals surface area contributed by atoms with Crippen LogP contribution in [0.2, 0.25) is 0 Å². The Hall–Kier alpha value is -4.10. The van der Waals surface area contributed by atoms with Gasteiger partial charge in [0, 0.05) is 16.9 Å². The van der Waals surface area contributed by atoms with Crippen molar-refractivity contribution in [2.75, 3.05) is 22.6 Å². The molecule has 0 atom stereocenters. The Bertz CT molecular complexity index is 1380. The highest BCUT2D eigenvalue weighted by molar-refractivity contribution is 6.53. The van der Waals surface area contributed by atoms with Gasteiger partial charge in [0.1, 0.15) is 16.5 Å². The van der Waals surface area contributed by atoms with Gasteiger partial charge in [0.2, 0.25) is 0 Å². The van der Waals surface area contributed by atoms with Crippen molar-refractivity contribution in [3.05, 3.63) is 93.6 Å². The number of nitrogens with one attached hydrogen (secondary N) is 2. The number of aryl methyl sites for hydroxylation is 3. The van der Waals surface area contributed by atoms with Gasteiger partial charge in [-0.25, -0.2) is 4.90 Å². The zero-order chi connectivity index (χ0) is 25.3. The average molecular weight is 490 g/mol. The van der Waals surface area contributed by atoms with Crippen molar-refractivity contribution in [3.63, 3.8) is 0 Å². The van der Waals surface area contributed by atoms with E-state index >= 15 is 0 Å². The van der Waals surface area contributed by atoms with E-state index in [1.54, 1.807) is 42.5 Å². The lowest BCUT2D eigenvalue weighted by atomic mass is 10.1. The molecule has 1 aliphatic heterocycles. The van der Waals surface area contributed by atoms with Gasteiger partial charge in [-0.15, -0.1) is 0 Å². The third kappa shape index (κ3) is 4.76. The number of hydrogen-bond donors (Lipinski definition) is 2. The fraction of sp³-hybridized carbons (Fsp3) is 0.148. The number of methoxy groups -OCH3 is 1. The van der Waals surface area contributed by atoms with Crippen molar-refractivity contribution in [2.24, 2.45) is 0 Å². The molecule has 0 bridgehead atoms. The van der Waals surface area contributed by atoms with E-state index in [0.717, 1.165) is 21.6 Å². The Balaban J connectivity index is 1.57. The van der Waals surface area contributed by atoms with Gasteiger partial charge in [0.25, 0.3) is 17.7 Å². The van der Waals surface area contributed by atoms with Crippen molar-refractivity contribution in [1.82, 2.24) is 0 Å². The van der Waals surface area contributed by atoms with Crippen LogP contribution in [0.3, 0.4) is 0 Å². The van der Waals surface area contributed by atoms with Crippen LogP contribution < -0.4 is 20.3 Å². The van der Waals surface area contributed by atoms with Gasteiger partial charge < -0.3 is 15.4 Å². The molecule has 35 heavy (non-hydrogen) atoms. The first-order valence-corrected chi connectivity index (χ1v) is 11.3. The lowest BCUT2D eigenvalue weighted by Gasteiger charge is -2.16. The Morgan fingerprint density at radius 1 is 0.857 bits per heavy atom. The predicted molar refractivity (Wildman–Crippen MR) is 137 cm³/mol. The van der Waals surface area contributed by atoms with Crippen molar-refractivity contribution in [1.29, 1.82) is 0 Å². The van der Waals surface area contributed by atoms with Crippen LogP contribution in [0.15, 0.2) is 71.4 Å². The molecule has 0 fully saturated rings. The molecule has 1 aliphatic rings. The summed E-state index contributed by atoms with van der Waals surface area (Å²) in [7, 11) is 1.53. The summed E-state index contributed by atoms with van der Waals surface area (Å²) in [5.74, 6) is -0.925. The number of ether oxygens (including phenoxy) is 1. The first kappa shape index (κ1) is 24.0. The number of benzene rings is 3. The summed E-state index contributed by atoms with van der Waals surface area (Å²) in [4.78, 5) is 39.8. The summed E-state index contributed by atoms with van der Waals surface area (Å²) in [6.45, 7) is 5.74. The molecule has 0 aliphatic carbocycles. The quantitative estimate of drug-likeness (QED) is 0.458. The number of carbonyl (C=O) groups excluding carboxylic acids is 3. The van der Waals surface area contributed by atoms with Gasteiger partial charge in [0.15, 0.2) is 0 Å². The molecule has 0 saturated heterocycles. The number of hydrogen-bond acceptors (Lipinski definition) is 5. The van der Waals surface area contributed by atoms with Crippen LogP contribution in [-0.2, 0) is 9.59 Å². The van der Waals surface area contributed by atoms with E-state index in [4.69, 9.17) is 16.3 Å². The fourth-order valence-electron chi connectivity index (χ4n) is 3.76. The van der Waals surface area contributed by atoms with Crippen LogP contribution in [0.25, 0.3) is 0 Å². The summed E-state index contributed by atoms with van der Waals surface area (Å²) in [6, 6.07) is 17.4. The molecule has 2 N–H and O–H groups in total. The highest BCUT2D eigenvalue weighted by atomic mass is 35.5.